The molecule has 0 aromatic rings. The Balaban J connectivity index is 2.00. The normalized spacial score (nSPS) is 30.1. The maximum Gasteiger partial charge on any atom is 0.281 e. The zero-order chi connectivity index (χ0) is 12.5. The fourth-order valence-corrected chi connectivity index (χ4v) is 3.86. The molecular formula is C10H21N3O3S. The Morgan fingerprint density at radius 2 is 1.94 bits per heavy atom. The quantitative estimate of drug-likeness (QED) is 0.717. The molecule has 2 N–H and O–H groups in total. The van der Waals surface area contributed by atoms with Gasteiger partial charge < -0.3 is 10.5 Å². The van der Waals surface area contributed by atoms with Gasteiger partial charge >= 0.3 is 0 Å². The molecule has 0 aromatic heterocycles. The minimum atomic E-state index is -3.33. The molecule has 2 aliphatic heterocycles. The lowest BCUT2D eigenvalue weighted by molar-refractivity contribution is -0.0129. The van der Waals surface area contributed by atoms with Gasteiger partial charge in [0.25, 0.3) is 10.2 Å². The van der Waals surface area contributed by atoms with Crippen LogP contribution in [0.5, 0.6) is 0 Å². The van der Waals surface area contributed by atoms with Crippen molar-refractivity contribution >= 4 is 10.2 Å². The Morgan fingerprint density at radius 3 is 2.47 bits per heavy atom. The second-order valence-corrected chi connectivity index (χ2v) is 6.78. The molecule has 2 fully saturated rings. The molecule has 100 valence electrons. The van der Waals surface area contributed by atoms with Crippen molar-refractivity contribution in [1.29, 1.82) is 0 Å². The van der Waals surface area contributed by atoms with Crippen molar-refractivity contribution in [2.75, 3.05) is 33.2 Å². The predicted molar refractivity (Wildman–Crippen MR) is 64.7 cm³/mol. The van der Waals surface area contributed by atoms with Crippen LogP contribution in [0.2, 0.25) is 0 Å². The van der Waals surface area contributed by atoms with E-state index in [9.17, 15) is 8.42 Å². The first-order valence-electron chi connectivity index (χ1n) is 6.11. The molecule has 0 amide bonds. The van der Waals surface area contributed by atoms with Gasteiger partial charge in [0.1, 0.15) is 0 Å². The molecule has 2 saturated heterocycles. The van der Waals surface area contributed by atoms with E-state index in [-0.39, 0.29) is 12.2 Å². The van der Waals surface area contributed by atoms with E-state index in [4.69, 9.17) is 10.5 Å². The zero-order valence-corrected chi connectivity index (χ0v) is 11.0. The summed E-state index contributed by atoms with van der Waals surface area (Å²) in [4.78, 5) is 0. The van der Waals surface area contributed by atoms with Crippen LogP contribution in [-0.4, -0.2) is 62.5 Å². The van der Waals surface area contributed by atoms with E-state index in [1.807, 2.05) is 0 Å². The van der Waals surface area contributed by atoms with Crippen molar-refractivity contribution in [3.05, 3.63) is 0 Å². The predicted octanol–water partition coefficient (Wildman–Crippen LogP) is -0.625. The SMILES string of the molecule is CN(CCCN)S(=O)(=O)N1CC2CCC(C1)O2. The summed E-state index contributed by atoms with van der Waals surface area (Å²) in [5.74, 6) is 0. The number of hydrogen-bond donors (Lipinski definition) is 1. The van der Waals surface area contributed by atoms with Gasteiger partial charge in [-0.3, -0.25) is 0 Å². The second kappa shape index (κ2) is 5.19. The third-order valence-electron chi connectivity index (χ3n) is 3.41. The van der Waals surface area contributed by atoms with Crippen molar-refractivity contribution in [2.24, 2.45) is 5.73 Å². The van der Waals surface area contributed by atoms with E-state index in [2.05, 4.69) is 0 Å². The Labute approximate surface area is 103 Å². The minimum Gasteiger partial charge on any atom is -0.372 e. The van der Waals surface area contributed by atoms with E-state index in [0.29, 0.717) is 32.6 Å². The first-order chi connectivity index (χ1) is 8.04. The molecule has 7 heteroatoms. The summed E-state index contributed by atoms with van der Waals surface area (Å²) in [6.07, 6.45) is 2.82. The number of ether oxygens (including phenoxy) is 1. The Hall–Kier alpha value is -0.210. The summed E-state index contributed by atoms with van der Waals surface area (Å²) in [6.45, 7) is 1.97. The molecule has 0 radical (unpaired) electrons. The molecule has 17 heavy (non-hydrogen) atoms. The molecule has 2 heterocycles. The molecule has 6 nitrogen and oxygen atoms in total. The van der Waals surface area contributed by atoms with Crippen LogP contribution in [0.4, 0.5) is 0 Å². The first kappa shape index (κ1) is 13.2. The van der Waals surface area contributed by atoms with E-state index >= 15 is 0 Å². The summed E-state index contributed by atoms with van der Waals surface area (Å²) in [5.41, 5.74) is 5.40. The largest absolute Gasteiger partial charge is 0.372 e. The number of morpholine rings is 1. The van der Waals surface area contributed by atoms with Gasteiger partial charge in [0.05, 0.1) is 12.2 Å². The van der Waals surface area contributed by atoms with Crippen molar-refractivity contribution in [3.8, 4) is 0 Å². The summed E-state index contributed by atoms with van der Waals surface area (Å²) in [6, 6.07) is 0. The molecule has 0 saturated carbocycles. The number of fused-ring (bicyclic) bond motifs is 2. The van der Waals surface area contributed by atoms with Crippen molar-refractivity contribution in [3.63, 3.8) is 0 Å². The minimum absolute atomic E-state index is 0.0893. The van der Waals surface area contributed by atoms with E-state index < -0.39 is 10.2 Å². The summed E-state index contributed by atoms with van der Waals surface area (Å²) in [7, 11) is -1.72. The molecule has 0 spiro atoms. The Kier molecular flexibility index (Phi) is 4.04. The van der Waals surface area contributed by atoms with E-state index in [0.717, 1.165) is 12.8 Å². The van der Waals surface area contributed by atoms with Gasteiger partial charge in [-0.25, -0.2) is 0 Å². The fraction of sp³-hybridized carbons (Fsp3) is 1.00. The summed E-state index contributed by atoms with van der Waals surface area (Å²) in [5, 5.41) is 0. The average Bonchev–Trinajstić information content (AvgIpc) is 2.64. The molecule has 0 aliphatic carbocycles. The summed E-state index contributed by atoms with van der Waals surface area (Å²) >= 11 is 0. The highest BCUT2D eigenvalue weighted by Crippen LogP contribution is 2.28. The van der Waals surface area contributed by atoms with Crippen molar-refractivity contribution in [1.82, 2.24) is 8.61 Å². The molecular weight excluding hydrogens is 242 g/mol. The van der Waals surface area contributed by atoms with Crippen molar-refractivity contribution in [2.45, 2.75) is 31.5 Å². The van der Waals surface area contributed by atoms with E-state index in [1.54, 1.807) is 11.4 Å². The standard InChI is InChI=1S/C10H21N3O3S/c1-12(6-2-5-11)17(14,15)13-7-9-3-4-10(8-13)16-9/h9-10H,2-8,11H2,1H3. The number of nitrogens with zero attached hydrogens (tertiary/aromatic N) is 2. The highest BCUT2D eigenvalue weighted by Gasteiger charge is 2.39. The second-order valence-electron chi connectivity index (χ2n) is 4.75. The van der Waals surface area contributed by atoms with Crippen LogP contribution in [0.3, 0.4) is 0 Å². The first-order valence-corrected chi connectivity index (χ1v) is 7.50. The highest BCUT2D eigenvalue weighted by molar-refractivity contribution is 7.86. The molecule has 2 rings (SSSR count). The van der Waals surface area contributed by atoms with Crippen LogP contribution in [0.15, 0.2) is 0 Å². The van der Waals surface area contributed by atoms with Crippen LogP contribution in [0.1, 0.15) is 19.3 Å². The van der Waals surface area contributed by atoms with Gasteiger partial charge in [0.2, 0.25) is 0 Å². The van der Waals surface area contributed by atoms with Gasteiger partial charge in [0.15, 0.2) is 0 Å². The highest BCUT2D eigenvalue weighted by atomic mass is 32.2. The fourth-order valence-electron chi connectivity index (χ4n) is 2.39. The monoisotopic (exact) mass is 263 g/mol. The van der Waals surface area contributed by atoms with Gasteiger partial charge in [-0.1, -0.05) is 0 Å². The van der Waals surface area contributed by atoms with Crippen LogP contribution in [0, 0.1) is 0 Å². The lowest BCUT2D eigenvalue weighted by Gasteiger charge is -2.33. The Bertz CT molecular complexity index is 348. The van der Waals surface area contributed by atoms with Crippen LogP contribution in [-0.2, 0) is 14.9 Å². The third-order valence-corrected chi connectivity index (χ3v) is 5.33. The van der Waals surface area contributed by atoms with Gasteiger partial charge in [-0.05, 0) is 25.8 Å². The molecule has 0 aromatic carbocycles. The molecule has 2 bridgehead atoms. The third kappa shape index (κ3) is 2.79. The Morgan fingerprint density at radius 1 is 1.35 bits per heavy atom. The van der Waals surface area contributed by atoms with Gasteiger partial charge in [0, 0.05) is 26.7 Å². The molecule has 2 aliphatic rings. The maximum absolute atomic E-state index is 12.3. The van der Waals surface area contributed by atoms with Crippen LogP contribution >= 0.6 is 0 Å². The molecule has 2 atom stereocenters. The van der Waals surface area contributed by atoms with Crippen LogP contribution in [0.25, 0.3) is 0 Å². The maximum atomic E-state index is 12.3. The topological polar surface area (TPSA) is 75.9 Å². The summed E-state index contributed by atoms with van der Waals surface area (Å²) < 4.78 is 33.1. The van der Waals surface area contributed by atoms with Crippen molar-refractivity contribution < 1.29 is 13.2 Å². The smallest absolute Gasteiger partial charge is 0.281 e. The number of rotatable bonds is 5. The number of nitrogens with two attached hydrogens (primary N) is 1. The molecule has 2 unspecified atom stereocenters. The van der Waals surface area contributed by atoms with Gasteiger partial charge in [-0.15, -0.1) is 0 Å². The zero-order valence-electron chi connectivity index (χ0n) is 10.2. The lowest BCUT2D eigenvalue weighted by Crippen LogP contribution is -2.50. The number of hydrogen-bond acceptors (Lipinski definition) is 4. The lowest BCUT2D eigenvalue weighted by atomic mass is 10.2. The van der Waals surface area contributed by atoms with Gasteiger partial charge in [-0.2, -0.15) is 17.0 Å². The van der Waals surface area contributed by atoms with E-state index in [1.165, 1.54) is 4.31 Å². The van der Waals surface area contributed by atoms with Crippen LogP contribution < -0.4 is 5.73 Å². The average molecular weight is 263 g/mol.